The van der Waals surface area contributed by atoms with E-state index in [1.54, 1.807) is 29.2 Å². The van der Waals surface area contributed by atoms with E-state index in [-0.39, 0.29) is 11.3 Å². The van der Waals surface area contributed by atoms with E-state index in [0.717, 1.165) is 13.1 Å². The van der Waals surface area contributed by atoms with Crippen LogP contribution in [0.5, 0.6) is 17.2 Å². The highest BCUT2D eigenvalue weighted by atomic mass is 16.5. The molecule has 208 valence electrons. The van der Waals surface area contributed by atoms with Gasteiger partial charge in [-0.25, -0.2) is 0 Å². The number of nitrogens with zero attached hydrogens (tertiary/aromatic N) is 2. The van der Waals surface area contributed by atoms with Gasteiger partial charge in [0.25, 0.3) is 11.7 Å². The van der Waals surface area contributed by atoms with E-state index in [0.29, 0.717) is 53.6 Å². The minimum absolute atomic E-state index is 0.0595. The van der Waals surface area contributed by atoms with Gasteiger partial charge in [-0.2, -0.15) is 0 Å². The standard InChI is InChI=1S/C33H36N2O5/c1-5-20-39-26-16-17-28(23(4)21-26)31(36)29-30(35(33(38)32(29)37)19-18-34(6-2)7-3)24-12-11-15-27(22-24)40-25-13-9-8-10-14-25/h5,8-17,21-22,30,36H,1,6-7,18-20H2,2-4H3. The Labute approximate surface area is 235 Å². The fourth-order valence-electron chi connectivity index (χ4n) is 4.91. The summed E-state index contributed by atoms with van der Waals surface area (Å²) in [6.45, 7) is 12.6. The molecule has 0 bridgehead atoms. The maximum Gasteiger partial charge on any atom is 0.295 e. The number of aliphatic hydroxyl groups is 1. The fourth-order valence-corrected chi connectivity index (χ4v) is 4.91. The van der Waals surface area contributed by atoms with E-state index in [9.17, 15) is 14.7 Å². The lowest BCUT2D eigenvalue weighted by Crippen LogP contribution is -2.38. The Bertz CT molecular complexity index is 1390. The summed E-state index contributed by atoms with van der Waals surface area (Å²) in [7, 11) is 0. The van der Waals surface area contributed by atoms with Gasteiger partial charge in [-0.3, -0.25) is 9.59 Å². The first-order valence-corrected chi connectivity index (χ1v) is 13.6. The molecule has 1 amide bonds. The second kappa shape index (κ2) is 13.1. The van der Waals surface area contributed by atoms with Gasteiger partial charge in [0.15, 0.2) is 0 Å². The van der Waals surface area contributed by atoms with Gasteiger partial charge in [-0.05, 0) is 73.6 Å². The van der Waals surface area contributed by atoms with Gasteiger partial charge in [0.1, 0.15) is 29.6 Å². The number of aliphatic hydroxyl groups excluding tert-OH is 1. The lowest BCUT2D eigenvalue weighted by molar-refractivity contribution is -0.140. The van der Waals surface area contributed by atoms with Crippen LogP contribution in [0.2, 0.25) is 0 Å². The van der Waals surface area contributed by atoms with Crippen molar-refractivity contribution in [3.63, 3.8) is 0 Å². The number of Topliss-reactive ketones (excluding diaryl/α,β-unsaturated/α-hetero) is 1. The second-order valence-electron chi connectivity index (χ2n) is 9.58. The molecule has 4 rings (SSSR count). The Balaban J connectivity index is 1.78. The van der Waals surface area contributed by atoms with Crippen LogP contribution in [-0.4, -0.2) is 59.4 Å². The van der Waals surface area contributed by atoms with Crippen molar-refractivity contribution in [1.29, 1.82) is 0 Å². The number of hydrogen-bond acceptors (Lipinski definition) is 6. The first-order chi connectivity index (χ1) is 19.4. The Kier molecular flexibility index (Phi) is 9.40. The highest BCUT2D eigenvalue weighted by Gasteiger charge is 2.46. The van der Waals surface area contributed by atoms with Gasteiger partial charge < -0.3 is 24.4 Å². The summed E-state index contributed by atoms with van der Waals surface area (Å²) >= 11 is 0. The number of rotatable bonds is 12. The lowest BCUT2D eigenvalue weighted by atomic mass is 9.93. The van der Waals surface area contributed by atoms with Crippen LogP contribution < -0.4 is 9.47 Å². The first kappa shape index (κ1) is 28.6. The number of carbonyl (C=O) groups excluding carboxylic acids is 2. The van der Waals surface area contributed by atoms with Crippen molar-refractivity contribution < 1.29 is 24.2 Å². The molecule has 7 nitrogen and oxygen atoms in total. The number of ether oxygens (including phenoxy) is 2. The van der Waals surface area contributed by atoms with E-state index in [1.165, 1.54) is 0 Å². The Morgan fingerprint density at radius 3 is 2.38 bits per heavy atom. The molecule has 3 aromatic carbocycles. The van der Waals surface area contributed by atoms with E-state index in [1.807, 2.05) is 61.5 Å². The van der Waals surface area contributed by atoms with E-state index >= 15 is 0 Å². The van der Waals surface area contributed by atoms with Gasteiger partial charge in [0.05, 0.1) is 11.6 Å². The molecule has 0 spiro atoms. The zero-order chi connectivity index (χ0) is 28.6. The predicted octanol–water partition coefficient (Wildman–Crippen LogP) is 6.12. The van der Waals surface area contributed by atoms with E-state index in [4.69, 9.17) is 9.47 Å². The number of hydrogen-bond donors (Lipinski definition) is 1. The highest BCUT2D eigenvalue weighted by molar-refractivity contribution is 6.46. The number of benzene rings is 3. The molecule has 0 aromatic heterocycles. The molecule has 1 atom stereocenters. The third kappa shape index (κ3) is 6.26. The maximum atomic E-state index is 13.5. The second-order valence-corrected chi connectivity index (χ2v) is 9.58. The predicted molar refractivity (Wildman–Crippen MR) is 157 cm³/mol. The normalized spacial score (nSPS) is 16.4. The Morgan fingerprint density at radius 2 is 1.70 bits per heavy atom. The van der Waals surface area contributed by atoms with Crippen molar-refractivity contribution in [3.8, 4) is 17.2 Å². The van der Waals surface area contributed by atoms with Crippen molar-refractivity contribution in [3.05, 3.63) is 108 Å². The molecule has 1 aliphatic rings. The van der Waals surface area contributed by atoms with Gasteiger partial charge >= 0.3 is 0 Å². The van der Waals surface area contributed by atoms with Gasteiger partial charge in [0, 0.05) is 18.7 Å². The molecule has 3 aromatic rings. The molecule has 0 radical (unpaired) electrons. The number of likely N-dealkylation sites (tertiary alicyclic amines) is 1. The lowest BCUT2D eigenvalue weighted by Gasteiger charge is -2.28. The molecule has 1 heterocycles. The Morgan fingerprint density at radius 1 is 0.975 bits per heavy atom. The van der Waals surface area contributed by atoms with Crippen LogP contribution in [-0.2, 0) is 9.59 Å². The molecule has 0 aliphatic carbocycles. The van der Waals surface area contributed by atoms with Crippen LogP contribution >= 0.6 is 0 Å². The number of aryl methyl sites for hydroxylation is 1. The third-order valence-electron chi connectivity index (χ3n) is 7.07. The number of ketones is 1. The van der Waals surface area contributed by atoms with E-state index in [2.05, 4.69) is 25.3 Å². The summed E-state index contributed by atoms with van der Waals surface area (Å²) in [5.74, 6) is 0.314. The number of likely N-dealkylation sites (N-methyl/N-ethyl adjacent to an activating group) is 1. The van der Waals surface area contributed by atoms with Crippen LogP contribution in [0.25, 0.3) is 5.76 Å². The van der Waals surface area contributed by atoms with Crippen LogP contribution in [0.15, 0.2) is 91.0 Å². The fraction of sp³-hybridized carbons (Fsp3) is 0.273. The SMILES string of the molecule is C=CCOc1ccc(C(O)=C2C(=O)C(=O)N(CCN(CC)CC)C2c2cccc(Oc3ccccc3)c2)c(C)c1. The zero-order valence-electron chi connectivity index (χ0n) is 23.3. The molecule has 7 heteroatoms. The van der Waals surface area contributed by atoms with Crippen molar-refractivity contribution >= 4 is 17.4 Å². The zero-order valence-corrected chi connectivity index (χ0v) is 23.3. The minimum Gasteiger partial charge on any atom is -0.507 e. The molecule has 1 saturated heterocycles. The van der Waals surface area contributed by atoms with Crippen LogP contribution in [0, 0.1) is 6.92 Å². The summed E-state index contributed by atoms with van der Waals surface area (Å²) in [5.41, 5.74) is 1.92. The summed E-state index contributed by atoms with van der Waals surface area (Å²) < 4.78 is 11.7. The Hall–Kier alpha value is -4.36. The van der Waals surface area contributed by atoms with Gasteiger partial charge in [0.2, 0.25) is 0 Å². The summed E-state index contributed by atoms with van der Waals surface area (Å²) in [6.07, 6.45) is 1.65. The number of amides is 1. The first-order valence-electron chi connectivity index (χ1n) is 13.6. The van der Waals surface area contributed by atoms with Crippen LogP contribution in [0.4, 0.5) is 0 Å². The van der Waals surface area contributed by atoms with Crippen molar-refractivity contribution in [2.45, 2.75) is 26.8 Å². The molecule has 1 N–H and O–H groups in total. The monoisotopic (exact) mass is 540 g/mol. The summed E-state index contributed by atoms with van der Waals surface area (Å²) in [5, 5.41) is 11.6. The average Bonchev–Trinajstić information content (AvgIpc) is 3.22. The van der Waals surface area contributed by atoms with Crippen LogP contribution in [0.1, 0.15) is 36.6 Å². The van der Waals surface area contributed by atoms with E-state index < -0.39 is 17.7 Å². The highest BCUT2D eigenvalue weighted by Crippen LogP contribution is 2.41. The smallest absolute Gasteiger partial charge is 0.295 e. The molecular weight excluding hydrogens is 504 g/mol. The molecular formula is C33H36N2O5. The van der Waals surface area contributed by atoms with Crippen LogP contribution in [0.3, 0.4) is 0 Å². The summed E-state index contributed by atoms with van der Waals surface area (Å²) in [6, 6.07) is 21.2. The molecule has 0 saturated carbocycles. The number of carbonyl (C=O) groups is 2. The average molecular weight is 541 g/mol. The molecule has 40 heavy (non-hydrogen) atoms. The quantitative estimate of drug-likeness (QED) is 0.129. The third-order valence-corrected chi connectivity index (χ3v) is 7.07. The van der Waals surface area contributed by atoms with Gasteiger partial charge in [-0.1, -0.05) is 56.8 Å². The van der Waals surface area contributed by atoms with Gasteiger partial charge in [-0.15, -0.1) is 0 Å². The van der Waals surface area contributed by atoms with Crippen molar-refractivity contribution in [2.24, 2.45) is 0 Å². The molecule has 1 fully saturated rings. The van der Waals surface area contributed by atoms with Crippen molar-refractivity contribution in [1.82, 2.24) is 9.80 Å². The maximum absolute atomic E-state index is 13.5. The summed E-state index contributed by atoms with van der Waals surface area (Å²) in [4.78, 5) is 30.7. The molecule has 1 unspecified atom stereocenters. The minimum atomic E-state index is -0.772. The topological polar surface area (TPSA) is 79.3 Å². The van der Waals surface area contributed by atoms with Crippen molar-refractivity contribution in [2.75, 3.05) is 32.8 Å². The number of para-hydroxylation sites is 1. The largest absolute Gasteiger partial charge is 0.507 e. The molecule has 1 aliphatic heterocycles.